The predicted octanol–water partition coefficient (Wildman–Crippen LogP) is 5.28. The number of aliphatic hydroxyl groups is 1. The number of hydrogen-bond acceptors (Lipinski definition) is 3. The molecule has 0 aliphatic rings. The Kier molecular flexibility index (Phi) is 17.3. The molecule has 1 atom stereocenters. The summed E-state index contributed by atoms with van der Waals surface area (Å²) in [6.45, 7) is 2.06. The Morgan fingerprint density at radius 3 is 1.78 bits per heavy atom. The molecule has 0 bridgehead atoms. The first-order valence-electron chi connectivity index (χ1n) is 9.65. The molecule has 138 valence electrons. The van der Waals surface area contributed by atoms with E-state index in [1.807, 2.05) is 0 Å². The number of hydrogen-bond donors (Lipinski definition) is 2. The molecule has 0 fully saturated rings. The number of rotatable bonds is 18. The lowest BCUT2D eigenvalue weighted by Gasteiger charge is -2.16. The lowest BCUT2D eigenvalue weighted by molar-refractivity contribution is -0.137. The Balaban J connectivity index is 3.47. The minimum Gasteiger partial charge on any atom is -0.481 e. The Morgan fingerprint density at radius 2 is 1.30 bits per heavy atom. The highest BCUT2D eigenvalue weighted by Gasteiger charge is 2.08. The average Bonchev–Trinajstić information content (AvgIpc) is 2.52. The topological polar surface area (TPSA) is 66.8 Å². The normalized spacial score (nSPS) is 12.4. The quantitative estimate of drug-likeness (QED) is 0.265. The number of carboxylic acids is 1. The summed E-state index contributed by atoms with van der Waals surface area (Å²) in [7, 11) is 0. The van der Waals surface area contributed by atoms with Gasteiger partial charge in [0, 0.05) is 6.42 Å². The molecule has 23 heavy (non-hydrogen) atoms. The van der Waals surface area contributed by atoms with Crippen molar-refractivity contribution in [1.82, 2.24) is 0 Å². The van der Waals surface area contributed by atoms with E-state index in [2.05, 4.69) is 6.92 Å². The fraction of sp³-hybridized carbons (Fsp3) is 0.947. The summed E-state index contributed by atoms with van der Waals surface area (Å²) in [6, 6.07) is 0. The maximum atomic E-state index is 10.4. The SMILES string of the molecule is CCCCCCCCC(CCCCCCCCC(=O)O)OCO. The van der Waals surface area contributed by atoms with Crippen LogP contribution in [0, 0.1) is 0 Å². The van der Waals surface area contributed by atoms with Gasteiger partial charge in [0.05, 0.1) is 6.10 Å². The van der Waals surface area contributed by atoms with Crippen molar-refractivity contribution >= 4 is 5.97 Å². The van der Waals surface area contributed by atoms with E-state index < -0.39 is 5.97 Å². The molecule has 0 aromatic rings. The van der Waals surface area contributed by atoms with Crippen molar-refractivity contribution in [3.05, 3.63) is 0 Å². The zero-order chi connectivity index (χ0) is 17.2. The van der Waals surface area contributed by atoms with E-state index in [0.717, 1.165) is 38.5 Å². The van der Waals surface area contributed by atoms with Crippen molar-refractivity contribution in [3.8, 4) is 0 Å². The van der Waals surface area contributed by atoms with Gasteiger partial charge in [0.2, 0.25) is 0 Å². The van der Waals surface area contributed by atoms with Crippen LogP contribution in [-0.4, -0.2) is 29.1 Å². The molecule has 0 amide bonds. The van der Waals surface area contributed by atoms with Crippen LogP contribution in [-0.2, 0) is 9.53 Å². The second-order valence-electron chi connectivity index (χ2n) is 6.53. The Bertz CT molecular complexity index is 256. The molecule has 4 heteroatoms. The molecule has 0 heterocycles. The van der Waals surface area contributed by atoms with Crippen molar-refractivity contribution < 1.29 is 19.7 Å². The number of unbranched alkanes of at least 4 members (excludes halogenated alkanes) is 10. The molecule has 0 radical (unpaired) electrons. The van der Waals surface area contributed by atoms with Gasteiger partial charge in [0.25, 0.3) is 0 Å². The molecular weight excluding hydrogens is 292 g/mol. The lowest BCUT2D eigenvalue weighted by Crippen LogP contribution is -2.13. The van der Waals surface area contributed by atoms with Crippen molar-refractivity contribution in [3.63, 3.8) is 0 Å². The summed E-state index contributed by atoms with van der Waals surface area (Å²) in [6.07, 6.45) is 16.8. The van der Waals surface area contributed by atoms with E-state index >= 15 is 0 Å². The van der Waals surface area contributed by atoms with Crippen LogP contribution in [0.15, 0.2) is 0 Å². The van der Waals surface area contributed by atoms with Gasteiger partial charge in [-0.25, -0.2) is 0 Å². The van der Waals surface area contributed by atoms with Gasteiger partial charge in [0.15, 0.2) is 0 Å². The number of ether oxygens (including phenoxy) is 1. The molecule has 0 saturated carbocycles. The summed E-state index contributed by atoms with van der Waals surface area (Å²) in [4.78, 5) is 10.4. The Hall–Kier alpha value is -0.610. The van der Waals surface area contributed by atoms with E-state index in [-0.39, 0.29) is 12.9 Å². The summed E-state index contributed by atoms with van der Waals surface area (Å²) in [5, 5.41) is 17.5. The molecule has 0 saturated heterocycles. The first-order chi connectivity index (χ1) is 11.2. The maximum absolute atomic E-state index is 10.4. The van der Waals surface area contributed by atoms with Gasteiger partial charge in [-0.3, -0.25) is 4.79 Å². The van der Waals surface area contributed by atoms with Crippen LogP contribution in [0.4, 0.5) is 0 Å². The van der Waals surface area contributed by atoms with Crippen molar-refractivity contribution in [1.29, 1.82) is 0 Å². The fourth-order valence-corrected chi connectivity index (χ4v) is 2.92. The molecule has 4 nitrogen and oxygen atoms in total. The average molecular weight is 331 g/mol. The molecule has 0 aromatic heterocycles. The van der Waals surface area contributed by atoms with Crippen molar-refractivity contribution in [2.45, 2.75) is 109 Å². The van der Waals surface area contributed by atoms with Crippen molar-refractivity contribution in [2.75, 3.05) is 6.79 Å². The Morgan fingerprint density at radius 1 is 0.826 bits per heavy atom. The van der Waals surface area contributed by atoms with Crippen LogP contribution < -0.4 is 0 Å². The predicted molar refractivity (Wildman–Crippen MR) is 94.5 cm³/mol. The second-order valence-corrected chi connectivity index (χ2v) is 6.53. The molecule has 0 spiro atoms. The van der Waals surface area contributed by atoms with Gasteiger partial charge in [-0.2, -0.15) is 0 Å². The highest BCUT2D eigenvalue weighted by atomic mass is 16.6. The highest BCUT2D eigenvalue weighted by Crippen LogP contribution is 2.16. The third-order valence-electron chi connectivity index (χ3n) is 4.36. The number of aliphatic hydroxyl groups excluding tert-OH is 1. The fourth-order valence-electron chi connectivity index (χ4n) is 2.92. The van der Waals surface area contributed by atoms with Gasteiger partial charge in [-0.1, -0.05) is 77.6 Å². The van der Waals surface area contributed by atoms with Gasteiger partial charge >= 0.3 is 5.97 Å². The van der Waals surface area contributed by atoms with Crippen molar-refractivity contribution in [2.24, 2.45) is 0 Å². The van der Waals surface area contributed by atoms with Crippen LogP contribution in [0.5, 0.6) is 0 Å². The molecular formula is C19H38O4. The first-order valence-corrected chi connectivity index (χ1v) is 9.65. The smallest absolute Gasteiger partial charge is 0.303 e. The number of carbonyl (C=O) groups is 1. The summed E-state index contributed by atoms with van der Waals surface area (Å²) >= 11 is 0. The minimum atomic E-state index is -0.691. The van der Waals surface area contributed by atoms with Crippen LogP contribution in [0.25, 0.3) is 0 Å². The van der Waals surface area contributed by atoms with Gasteiger partial charge in [-0.05, 0) is 19.3 Å². The number of carboxylic acid groups (broad SMARTS) is 1. The summed E-state index contributed by atoms with van der Waals surface area (Å²) in [5.41, 5.74) is 0. The van der Waals surface area contributed by atoms with E-state index in [9.17, 15) is 4.79 Å². The van der Waals surface area contributed by atoms with Gasteiger partial charge < -0.3 is 14.9 Å². The highest BCUT2D eigenvalue weighted by molar-refractivity contribution is 5.66. The summed E-state index contributed by atoms with van der Waals surface area (Å²) in [5.74, 6) is -0.691. The largest absolute Gasteiger partial charge is 0.481 e. The third kappa shape index (κ3) is 17.6. The Labute approximate surface area is 142 Å². The molecule has 0 aliphatic heterocycles. The van der Waals surface area contributed by atoms with E-state index in [1.165, 1.54) is 51.4 Å². The first kappa shape index (κ1) is 22.4. The minimum absolute atomic E-state index is 0.171. The van der Waals surface area contributed by atoms with Crippen LogP contribution in [0.1, 0.15) is 103 Å². The number of aliphatic carboxylic acids is 1. The van der Waals surface area contributed by atoms with Gasteiger partial charge in [0.1, 0.15) is 6.79 Å². The zero-order valence-corrected chi connectivity index (χ0v) is 15.1. The van der Waals surface area contributed by atoms with Crippen LogP contribution >= 0.6 is 0 Å². The van der Waals surface area contributed by atoms with Crippen LogP contribution in [0.2, 0.25) is 0 Å². The molecule has 1 unspecified atom stereocenters. The maximum Gasteiger partial charge on any atom is 0.303 e. The second kappa shape index (κ2) is 17.7. The van der Waals surface area contributed by atoms with E-state index in [0.29, 0.717) is 6.42 Å². The third-order valence-corrected chi connectivity index (χ3v) is 4.36. The van der Waals surface area contributed by atoms with Crippen LogP contribution in [0.3, 0.4) is 0 Å². The molecule has 2 N–H and O–H groups in total. The molecule has 0 aliphatic carbocycles. The molecule has 0 rings (SSSR count). The lowest BCUT2D eigenvalue weighted by atomic mass is 10.0. The van der Waals surface area contributed by atoms with E-state index in [1.54, 1.807) is 0 Å². The standard InChI is InChI=1S/C19H38O4/c1-2-3-4-5-8-11-14-18(23-17-20)15-12-9-6-7-10-13-16-19(21)22/h18,20H,2-17H2,1H3,(H,21,22). The molecule has 0 aromatic carbocycles. The summed E-state index contributed by atoms with van der Waals surface area (Å²) < 4.78 is 5.43. The van der Waals surface area contributed by atoms with E-state index in [4.69, 9.17) is 14.9 Å². The monoisotopic (exact) mass is 330 g/mol. The zero-order valence-electron chi connectivity index (χ0n) is 15.1. The van der Waals surface area contributed by atoms with Gasteiger partial charge in [-0.15, -0.1) is 0 Å².